The number of halogens is 8. The third-order valence-electron chi connectivity index (χ3n) is 14.5. The Labute approximate surface area is 485 Å². The van der Waals surface area contributed by atoms with Crippen molar-refractivity contribution in [1.82, 2.24) is 49.4 Å². The minimum atomic E-state index is -4.59. The highest BCUT2D eigenvalue weighted by Crippen LogP contribution is 2.42. The zero-order valence-electron chi connectivity index (χ0n) is 44.5. The molecule has 23 heteroatoms. The van der Waals surface area contributed by atoms with E-state index in [1.165, 1.54) is 30.6 Å². The van der Waals surface area contributed by atoms with Crippen LogP contribution in [0.25, 0.3) is 55.2 Å². The van der Waals surface area contributed by atoms with Crippen LogP contribution in [-0.4, -0.2) is 62.2 Å². The van der Waals surface area contributed by atoms with Gasteiger partial charge in [-0.2, -0.15) is 26.3 Å². The third kappa shape index (κ3) is 11.1. The standard InChI is InChI=1S/C32H26ClF3N8O.C29H20ClF3N6/c1-18-7-9-21-20(11-13-38-29(21)42-19-8-10-24(33)23(15-19)32(34,35)36)26(18)43-30-22(5-4-12-37-30)27-28-31(40-16-39-27)44(17-41-28)25-6-2-3-14-45-25;1-16-4-6-19-18(8-11-36-28(19)39-17-5-7-23(30)22(13-17)29(31,32)33)21(16)14-25-20(3-2-10-34-25)26-27-24(9-12-35-27)37-15-38-26/h4-5,7-13,15-17,25H,2-3,6,14H2,1H3,(H,37,43)(H,38,42);2-8,10-13,15H,9,14H2,1H3,(H,36,39). The second-order valence-electron chi connectivity index (χ2n) is 19.9. The number of fused-ring (bicyclic) bond motifs is 4. The van der Waals surface area contributed by atoms with Gasteiger partial charge in [-0.3, -0.25) is 14.5 Å². The Hall–Kier alpha value is -9.18. The molecule has 13 rings (SSSR count). The zero-order valence-corrected chi connectivity index (χ0v) is 46.0. The van der Waals surface area contributed by atoms with Gasteiger partial charge in [0.1, 0.15) is 58.9 Å². The van der Waals surface area contributed by atoms with Crippen LogP contribution < -0.4 is 16.0 Å². The fraction of sp³-hybridized carbons (Fsp3) is 0.180. The topological polar surface area (TPSA) is 179 Å². The molecular weight excluding hydrogens is 1130 g/mol. The summed E-state index contributed by atoms with van der Waals surface area (Å²) in [4.78, 5) is 45.4. The molecule has 422 valence electrons. The number of aryl methyl sites for hydroxylation is 2. The fourth-order valence-corrected chi connectivity index (χ4v) is 10.9. The number of aliphatic imine (C=N–C) groups is 1. The number of nitrogens with one attached hydrogen (secondary N) is 3. The summed E-state index contributed by atoms with van der Waals surface area (Å²) in [7, 11) is 0. The number of benzene rings is 4. The van der Waals surface area contributed by atoms with Gasteiger partial charge in [0.25, 0.3) is 0 Å². The summed E-state index contributed by atoms with van der Waals surface area (Å²) in [6, 6.07) is 26.4. The number of imidazole rings is 1. The molecule has 0 bridgehead atoms. The summed E-state index contributed by atoms with van der Waals surface area (Å²) in [5.74, 6) is 1.38. The summed E-state index contributed by atoms with van der Waals surface area (Å²) in [6.07, 6.45) is 8.20. The maximum absolute atomic E-state index is 13.5. The predicted octanol–water partition coefficient (Wildman–Crippen LogP) is 16.3. The summed E-state index contributed by atoms with van der Waals surface area (Å²) in [5, 5.41) is 12.0. The van der Waals surface area contributed by atoms with Crippen molar-refractivity contribution in [3.05, 3.63) is 190 Å². The van der Waals surface area contributed by atoms with Crippen LogP contribution >= 0.6 is 23.2 Å². The molecule has 9 heterocycles. The average Bonchev–Trinajstić information content (AvgIpc) is 2.39. The molecule has 84 heavy (non-hydrogen) atoms. The SMILES string of the molecule is Cc1ccc2c(Nc3ccc(Cl)c(C(F)(F)F)c3)nccc2c1Cc1ncccc1-c1ncnc2c1N=CC2.Cc1ccc2c(Nc3ccc(Cl)c(C(F)(F)F)c3)nccc2c1Nc1ncccc1-c1ncnc2c1ncn2C1CCCCO1. The molecule has 2 aliphatic rings. The number of hydrogen-bond acceptors (Lipinski definition) is 14. The number of anilines is 6. The normalized spacial score (nSPS) is 14.1. The Kier molecular flexibility index (Phi) is 15.1. The minimum absolute atomic E-state index is 0.124. The number of alkyl halides is 6. The maximum atomic E-state index is 13.5. The van der Waals surface area contributed by atoms with E-state index >= 15 is 0 Å². The molecule has 1 atom stereocenters. The van der Waals surface area contributed by atoms with Crippen LogP contribution in [0.1, 0.15) is 64.7 Å². The number of nitrogens with zero attached hydrogens (tertiary/aromatic N) is 11. The van der Waals surface area contributed by atoms with E-state index in [2.05, 4.69) is 60.8 Å². The van der Waals surface area contributed by atoms with E-state index in [1.807, 2.05) is 85.3 Å². The van der Waals surface area contributed by atoms with E-state index < -0.39 is 23.5 Å². The molecular formula is C61H46Cl2F6N14O. The Bertz CT molecular complexity index is 4360. The third-order valence-corrected chi connectivity index (χ3v) is 15.2. The maximum Gasteiger partial charge on any atom is 0.417 e. The lowest BCUT2D eigenvalue weighted by molar-refractivity contribution is -0.138. The average molecular weight is 1180 g/mol. The van der Waals surface area contributed by atoms with Gasteiger partial charge in [0.15, 0.2) is 5.65 Å². The van der Waals surface area contributed by atoms with Gasteiger partial charge >= 0.3 is 12.4 Å². The Morgan fingerprint density at radius 2 is 1.23 bits per heavy atom. The Morgan fingerprint density at radius 1 is 0.595 bits per heavy atom. The molecule has 1 saturated heterocycles. The molecule has 2 aliphatic heterocycles. The second-order valence-corrected chi connectivity index (χ2v) is 20.7. The van der Waals surface area contributed by atoms with Gasteiger partial charge in [-0.05, 0) is 128 Å². The van der Waals surface area contributed by atoms with Gasteiger partial charge < -0.3 is 20.7 Å². The number of aromatic nitrogens is 10. The van der Waals surface area contributed by atoms with Crippen LogP contribution in [-0.2, 0) is 29.9 Å². The van der Waals surface area contributed by atoms with Crippen molar-refractivity contribution in [2.24, 2.45) is 4.99 Å². The smallest absolute Gasteiger partial charge is 0.358 e. The van der Waals surface area contributed by atoms with Crippen molar-refractivity contribution in [3.63, 3.8) is 0 Å². The first kappa shape index (κ1) is 55.4. The Morgan fingerprint density at radius 3 is 1.92 bits per heavy atom. The first-order chi connectivity index (χ1) is 40.6. The summed E-state index contributed by atoms with van der Waals surface area (Å²) >= 11 is 11.6. The first-order valence-electron chi connectivity index (χ1n) is 26.4. The summed E-state index contributed by atoms with van der Waals surface area (Å²) in [6.45, 7) is 4.68. The molecule has 3 N–H and O–H groups in total. The lowest BCUT2D eigenvalue weighted by Gasteiger charge is -2.23. The van der Waals surface area contributed by atoms with Gasteiger partial charge in [0, 0.05) is 89.1 Å². The number of rotatable bonds is 11. The van der Waals surface area contributed by atoms with E-state index in [0.717, 1.165) is 104 Å². The van der Waals surface area contributed by atoms with E-state index in [1.54, 1.807) is 37.4 Å². The van der Waals surface area contributed by atoms with Gasteiger partial charge in [-0.1, -0.05) is 47.5 Å². The molecule has 0 amide bonds. The summed E-state index contributed by atoms with van der Waals surface area (Å²) in [5.41, 5.74) is 9.12. The first-order valence-corrected chi connectivity index (χ1v) is 27.2. The quantitative estimate of drug-likeness (QED) is 0.104. The molecule has 0 saturated carbocycles. The van der Waals surface area contributed by atoms with Crippen LogP contribution in [0.5, 0.6) is 0 Å². The van der Waals surface area contributed by atoms with Crippen LogP contribution in [0.15, 0.2) is 146 Å². The monoisotopic (exact) mass is 1170 g/mol. The van der Waals surface area contributed by atoms with Gasteiger partial charge in [-0.25, -0.2) is 39.9 Å². The lowest BCUT2D eigenvalue weighted by atomic mass is 9.94. The molecule has 4 aromatic carbocycles. The molecule has 0 aliphatic carbocycles. The summed E-state index contributed by atoms with van der Waals surface area (Å²) < 4.78 is 88.6. The molecule has 0 radical (unpaired) electrons. The highest BCUT2D eigenvalue weighted by molar-refractivity contribution is 6.32. The highest BCUT2D eigenvalue weighted by atomic mass is 35.5. The number of hydrogen-bond donors (Lipinski definition) is 3. The molecule has 1 unspecified atom stereocenters. The predicted molar refractivity (Wildman–Crippen MR) is 313 cm³/mol. The molecule has 0 spiro atoms. The molecule has 7 aromatic heterocycles. The van der Waals surface area contributed by atoms with E-state index in [9.17, 15) is 26.3 Å². The minimum Gasteiger partial charge on any atom is -0.358 e. The molecule has 15 nitrogen and oxygen atoms in total. The number of ether oxygens (including phenoxy) is 1. The van der Waals surface area contributed by atoms with Crippen molar-refractivity contribution in [2.75, 3.05) is 22.6 Å². The van der Waals surface area contributed by atoms with Gasteiger partial charge in [0.2, 0.25) is 0 Å². The van der Waals surface area contributed by atoms with Crippen LogP contribution in [0.3, 0.4) is 0 Å². The largest absolute Gasteiger partial charge is 0.417 e. The van der Waals surface area contributed by atoms with Gasteiger partial charge in [0.05, 0.1) is 44.6 Å². The highest BCUT2D eigenvalue weighted by Gasteiger charge is 2.35. The van der Waals surface area contributed by atoms with Crippen molar-refractivity contribution in [2.45, 2.75) is 64.5 Å². The van der Waals surface area contributed by atoms with Crippen molar-refractivity contribution in [1.29, 1.82) is 0 Å². The number of pyridine rings is 4. The van der Waals surface area contributed by atoms with Crippen LogP contribution in [0.2, 0.25) is 10.0 Å². The van der Waals surface area contributed by atoms with Gasteiger partial charge in [-0.15, -0.1) is 0 Å². The van der Waals surface area contributed by atoms with Crippen LogP contribution in [0.4, 0.5) is 66.5 Å². The molecule has 11 aromatic rings. The van der Waals surface area contributed by atoms with Crippen molar-refractivity contribution in [3.8, 4) is 22.5 Å². The molecule has 1 fully saturated rings. The van der Waals surface area contributed by atoms with Crippen LogP contribution in [0, 0.1) is 13.8 Å². The van der Waals surface area contributed by atoms with Crippen molar-refractivity contribution >= 4 is 102 Å². The zero-order chi connectivity index (χ0) is 58.3. The van der Waals surface area contributed by atoms with E-state index in [0.29, 0.717) is 59.1 Å². The van der Waals surface area contributed by atoms with E-state index in [-0.39, 0.29) is 27.6 Å². The van der Waals surface area contributed by atoms with Crippen molar-refractivity contribution < 1.29 is 31.1 Å². The Balaban J connectivity index is 0.000000167. The second kappa shape index (κ2) is 22.9. The fourth-order valence-electron chi connectivity index (χ4n) is 10.4. The van der Waals surface area contributed by atoms with E-state index in [4.69, 9.17) is 32.9 Å². The lowest BCUT2D eigenvalue weighted by Crippen LogP contribution is -2.17.